The highest BCUT2D eigenvalue weighted by molar-refractivity contribution is 5.76. The molecule has 1 heterocycles. The van der Waals surface area contributed by atoms with Gasteiger partial charge in [0.25, 0.3) is 0 Å². The maximum absolute atomic E-state index is 11.6. The van der Waals surface area contributed by atoms with Gasteiger partial charge in [-0.2, -0.15) is 0 Å². The molecule has 0 bridgehead atoms. The number of nitrogens with one attached hydrogen (secondary N) is 2. The largest absolute Gasteiger partial charge is 0.353 e. The van der Waals surface area contributed by atoms with E-state index in [-0.39, 0.29) is 5.91 Å². The van der Waals surface area contributed by atoms with Crippen LogP contribution in [0.4, 0.5) is 0 Å². The molecule has 0 radical (unpaired) electrons. The van der Waals surface area contributed by atoms with Crippen LogP contribution in [0.25, 0.3) is 0 Å². The van der Waals surface area contributed by atoms with Gasteiger partial charge in [0.1, 0.15) is 0 Å². The average Bonchev–Trinajstić information content (AvgIpc) is 3.11. The predicted molar refractivity (Wildman–Crippen MR) is 68.9 cm³/mol. The molecule has 0 aromatic carbocycles. The summed E-state index contributed by atoms with van der Waals surface area (Å²) >= 11 is 0. The van der Waals surface area contributed by atoms with Crippen LogP contribution in [0.3, 0.4) is 0 Å². The highest BCUT2D eigenvalue weighted by atomic mass is 16.1. The fourth-order valence-corrected chi connectivity index (χ4v) is 2.43. The molecule has 0 aromatic heterocycles. The Morgan fingerprint density at radius 2 is 2.12 bits per heavy atom. The highest BCUT2D eigenvalue weighted by Crippen LogP contribution is 2.18. The van der Waals surface area contributed by atoms with Crippen LogP contribution in [0, 0.1) is 0 Å². The lowest BCUT2D eigenvalue weighted by Crippen LogP contribution is -2.36. The lowest BCUT2D eigenvalue weighted by atomic mass is 10.1. The van der Waals surface area contributed by atoms with E-state index in [0.717, 1.165) is 19.6 Å². The Kier molecular flexibility index (Phi) is 4.80. The third-order valence-electron chi connectivity index (χ3n) is 3.80. The van der Waals surface area contributed by atoms with Crippen molar-refractivity contribution in [1.82, 2.24) is 15.5 Å². The van der Waals surface area contributed by atoms with Gasteiger partial charge in [0.2, 0.25) is 5.91 Å². The number of nitrogens with zero attached hydrogens (tertiary/aromatic N) is 1. The zero-order valence-electron chi connectivity index (χ0n) is 10.9. The molecule has 2 fully saturated rings. The minimum absolute atomic E-state index is 0.228. The molecule has 98 valence electrons. The van der Waals surface area contributed by atoms with Crippen LogP contribution in [-0.2, 0) is 4.79 Å². The summed E-state index contributed by atoms with van der Waals surface area (Å²) in [7, 11) is 2.15. The zero-order valence-corrected chi connectivity index (χ0v) is 10.9. The molecule has 1 saturated heterocycles. The Hall–Kier alpha value is -0.610. The van der Waals surface area contributed by atoms with E-state index in [2.05, 4.69) is 22.6 Å². The first kappa shape index (κ1) is 12.8. The van der Waals surface area contributed by atoms with E-state index in [1.54, 1.807) is 0 Å². The molecule has 17 heavy (non-hydrogen) atoms. The van der Waals surface area contributed by atoms with Crippen LogP contribution in [0.2, 0.25) is 0 Å². The van der Waals surface area contributed by atoms with Crippen LogP contribution in [0.5, 0.6) is 0 Å². The highest BCUT2D eigenvalue weighted by Gasteiger charge is 2.23. The zero-order chi connectivity index (χ0) is 12.1. The van der Waals surface area contributed by atoms with Gasteiger partial charge >= 0.3 is 0 Å². The minimum atomic E-state index is 0.228. The van der Waals surface area contributed by atoms with Crippen molar-refractivity contribution in [3.63, 3.8) is 0 Å². The summed E-state index contributed by atoms with van der Waals surface area (Å²) in [6, 6.07) is 1.15. The maximum Gasteiger partial charge on any atom is 0.221 e. The van der Waals surface area contributed by atoms with Gasteiger partial charge in [-0.3, -0.25) is 4.79 Å². The molecule has 1 saturated carbocycles. The summed E-state index contributed by atoms with van der Waals surface area (Å²) in [5.41, 5.74) is 0. The standard InChI is InChI=1S/C13H25N3O/c1-16(12-3-2-8-14-9-6-12)10-7-13(17)15-11-4-5-11/h11-12,14H,2-10H2,1H3,(H,15,17). The van der Waals surface area contributed by atoms with Gasteiger partial charge in [0, 0.05) is 25.0 Å². The van der Waals surface area contributed by atoms with E-state index in [0.29, 0.717) is 18.5 Å². The first-order valence-electron chi connectivity index (χ1n) is 6.96. The van der Waals surface area contributed by atoms with Crippen molar-refractivity contribution in [2.24, 2.45) is 0 Å². The van der Waals surface area contributed by atoms with E-state index in [4.69, 9.17) is 0 Å². The smallest absolute Gasteiger partial charge is 0.221 e. The van der Waals surface area contributed by atoms with Crippen LogP contribution in [0.1, 0.15) is 38.5 Å². The molecule has 0 spiro atoms. The number of hydrogen-bond acceptors (Lipinski definition) is 3. The molecule has 2 aliphatic rings. The van der Waals surface area contributed by atoms with Crippen molar-refractivity contribution in [2.45, 2.75) is 50.6 Å². The Labute approximate surface area is 104 Å². The maximum atomic E-state index is 11.6. The monoisotopic (exact) mass is 239 g/mol. The molecule has 4 heteroatoms. The molecule has 1 unspecified atom stereocenters. The summed E-state index contributed by atoms with van der Waals surface area (Å²) in [4.78, 5) is 14.0. The molecule has 0 aromatic rings. The first-order chi connectivity index (χ1) is 8.25. The first-order valence-corrected chi connectivity index (χ1v) is 6.96. The number of carbonyl (C=O) groups is 1. The molecule has 4 nitrogen and oxygen atoms in total. The normalized spacial score (nSPS) is 25.6. The van der Waals surface area contributed by atoms with Crippen molar-refractivity contribution >= 4 is 5.91 Å². The Balaban J connectivity index is 1.64. The topological polar surface area (TPSA) is 44.4 Å². The van der Waals surface area contributed by atoms with Crippen LogP contribution in [-0.4, -0.2) is 49.6 Å². The van der Waals surface area contributed by atoms with Crippen molar-refractivity contribution in [3.8, 4) is 0 Å². The van der Waals surface area contributed by atoms with Crippen molar-refractivity contribution in [2.75, 3.05) is 26.7 Å². The van der Waals surface area contributed by atoms with E-state index in [9.17, 15) is 4.79 Å². The molecule has 2 N–H and O–H groups in total. The second-order valence-electron chi connectivity index (χ2n) is 5.41. The average molecular weight is 239 g/mol. The van der Waals surface area contributed by atoms with Gasteiger partial charge in [-0.1, -0.05) is 0 Å². The second kappa shape index (κ2) is 6.36. The van der Waals surface area contributed by atoms with Gasteiger partial charge in [0.05, 0.1) is 0 Å². The van der Waals surface area contributed by atoms with Crippen molar-refractivity contribution in [1.29, 1.82) is 0 Å². The summed E-state index contributed by atoms with van der Waals surface area (Å²) in [5.74, 6) is 0.228. The minimum Gasteiger partial charge on any atom is -0.353 e. The van der Waals surface area contributed by atoms with Gasteiger partial charge in [-0.25, -0.2) is 0 Å². The summed E-state index contributed by atoms with van der Waals surface area (Å²) in [6.07, 6.45) is 6.72. The SMILES string of the molecule is CN(CCC(=O)NC1CC1)C1CCCNCC1. The number of hydrogen-bond donors (Lipinski definition) is 2. The Morgan fingerprint density at radius 3 is 2.88 bits per heavy atom. The molecule has 1 aliphatic heterocycles. The van der Waals surface area contributed by atoms with Crippen LogP contribution < -0.4 is 10.6 Å². The van der Waals surface area contributed by atoms with E-state index in [1.165, 1.54) is 32.1 Å². The van der Waals surface area contributed by atoms with Gasteiger partial charge in [-0.05, 0) is 52.2 Å². The molecular weight excluding hydrogens is 214 g/mol. The van der Waals surface area contributed by atoms with E-state index < -0.39 is 0 Å². The predicted octanol–water partition coefficient (Wildman–Crippen LogP) is 0.729. The number of rotatable bonds is 5. The van der Waals surface area contributed by atoms with Gasteiger partial charge in [0.15, 0.2) is 0 Å². The van der Waals surface area contributed by atoms with Gasteiger partial charge in [-0.15, -0.1) is 0 Å². The summed E-state index contributed by atoms with van der Waals surface area (Å²) in [5, 5.41) is 6.47. The fraction of sp³-hybridized carbons (Fsp3) is 0.923. The van der Waals surface area contributed by atoms with Crippen LogP contribution >= 0.6 is 0 Å². The van der Waals surface area contributed by atoms with Crippen LogP contribution in [0.15, 0.2) is 0 Å². The molecular formula is C13H25N3O. The number of amides is 1. The fourth-order valence-electron chi connectivity index (χ4n) is 2.43. The van der Waals surface area contributed by atoms with Crippen molar-refractivity contribution in [3.05, 3.63) is 0 Å². The third kappa shape index (κ3) is 4.64. The Morgan fingerprint density at radius 1 is 1.29 bits per heavy atom. The molecule has 1 aliphatic carbocycles. The molecule has 2 rings (SSSR count). The number of carbonyl (C=O) groups excluding carboxylic acids is 1. The third-order valence-corrected chi connectivity index (χ3v) is 3.80. The van der Waals surface area contributed by atoms with E-state index >= 15 is 0 Å². The lowest BCUT2D eigenvalue weighted by molar-refractivity contribution is -0.121. The second-order valence-corrected chi connectivity index (χ2v) is 5.41. The quantitative estimate of drug-likeness (QED) is 0.743. The van der Waals surface area contributed by atoms with Crippen molar-refractivity contribution < 1.29 is 4.79 Å². The summed E-state index contributed by atoms with van der Waals surface area (Å²) < 4.78 is 0. The lowest BCUT2D eigenvalue weighted by Gasteiger charge is -2.26. The Bertz CT molecular complexity index is 245. The molecule has 1 amide bonds. The summed E-state index contributed by atoms with van der Waals surface area (Å²) in [6.45, 7) is 3.15. The van der Waals surface area contributed by atoms with E-state index in [1.807, 2.05) is 0 Å². The van der Waals surface area contributed by atoms with Gasteiger partial charge < -0.3 is 15.5 Å². The molecule has 1 atom stereocenters.